The molecule has 0 N–H and O–H groups in total. The number of hydrogen-bond donors (Lipinski definition) is 0. The summed E-state index contributed by atoms with van der Waals surface area (Å²) in [5, 5.41) is 0. The van der Waals surface area contributed by atoms with Crippen molar-refractivity contribution in [3.63, 3.8) is 0 Å². The van der Waals surface area contributed by atoms with Crippen molar-refractivity contribution in [2.75, 3.05) is 0 Å². The molecule has 0 unspecified atom stereocenters. The van der Waals surface area contributed by atoms with Gasteiger partial charge in [-0.2, -0.15) is 0 Å². The molecule has 0 aliphatic heterocycles. The molecule has 0 aliphatic carbocycles. The van der Waals surface area contributed by atoms with Crippen LogP contribution < -0.4 is 4.40 Å². The first-order valence-electron chi connectivity index (χ1n) is 7.12. The second-order valence-corrected chi connectivity index (χ2v) is 12.0. The van der Waals surface area contributed by atoms with Gasteiger partial charge in [-0.1, -0.05) is 0 Å². The Morgan fingerprint density at radius 3 is 2.37 bits per heavy atom. The van der Waals surface area contributed by atoms with Crippen molar-refractivity contribution in [1.82, 2.24) is 4.98 Å². The van der Waals surface area contributed by atoms with E-state index in [4.69, 9.17) is 0 Å². The minimum atomic E-state index is -1.27. The molecule has 2 rings (SSSR count). The Kier molecular flexibility index (Phi) is 4.81. The fraction of sp³-hybridized carbons (Fsp3) is 0.353. The van der Waals surface area contributed by atoms with E-state index >= 15 is 0 Å². The van der Waals surface area contributed by atoms with Crippen molar-refractivity contribution in [2.45, 2.75) is 31.8 Å². The van der Waals surface area contributed by atoms with Gasteiger partial charge in [-0.3, -0.25) is 0 Å². The quantitative estimate of drug-likeness (QED) is 0.785. The van der Waals surface area contributed by atoms with E-state index in [1.807, 2.05) is 0 Å². The van der Waals surface area contributed by atoms with Crippen LogP contribution in [0.3, 0.4) is 0 Å². The molecule has 19 heavy (non-hydrogen) atoms. The summed E-state index contributed by atoms with van der Waals surface area (Å²) in [6, 6.07) is 12.8. The summed E-state index contributed by atoms with van der Waals surface area (Å²) in [4.78, 5) is 4.69. The Bertz CT molecular complexity index is 532. The van der Waals surface area contributed by atoms with Gasteiger partial charge in [0.15, 0.2) is 0 Å². The molecule has 2 heteroatoms. The molecule has 1 heterocycles. The summed E-state index contributed by atoms with van der Waals surface area (Å²) < 4.78 is 1.57. The number of hydrogen-bond acceptors (Lipinski definition) is 1. The molecule has 0 atom stereocenters. The van der Waals surface area contributed by atoms with Crippen LogP contribution in [0.5, 0.6) is 0 Å². The van der Waals surface area contributed by atoms with E-state index in [1.165, 1.54) is 17.5 Å². The SMILES string of the molecule is CC(C)Cc1cc(-c2ccccc2)nc[c]1[GeH]([CH3])[CH3]. The molecular formula is C17H23GeN. The van der Waals surface area contributed by atoms with Gasteiger partial charge in [-0.15, -0.1) is 0 Å². The Labute approximate surface area is 121 Å². The minimum absolute atomic E-state index is 0.700. The molecule has 1 aromatic heterocycles. The van der Waals surface area contributed by atoms with Crippen LogP contribution in [0.4, 0.5) is 0 Å². The summed E-state index contributed by atoms with van der Waals surface area (Å²) in [5.74, 6) is 5.55. The number of nitrogens with zero attached hydrogens (tertiary/aromatic N) is 1. The molecule has 1 nitrogen and oxygen atoms in total. The third-order valence-electron chi connectivity index (χ3n) is 3.34. The van der Waals surface area contributed by atoms with Crippen LogP contribution in [0.2, 0.25) is 11.5 Å². The topological polar surface area (TPSA) is 12.9 Å². The zero-order valence-corrected chi connectivity index (χ0v) is 14.8. The van der Waals surface area contributed by atoms with Crippen LogP contribution >= 0.6 is 0 Å². The number of pyridine rings is 1. The fourth-order valence-electron chi connectivity index (χ4n) is 2.41. The van der Waals surface area contributed by atoms with E-state index in [0.29, 0.717) is 5.92 Å². The Morgan fingerprint density at radius 2 is 1.79 bits per heavy atom. The third-order valence-corrected chi connectivity index (χ3v) is 7.04. The molecule has 0 fully saturated rings. The summed E-state index contributed by atoms with van der Waals surface area (Å²) in [7, 11) is 0. The van der Waals surface area contributed by atoms with Gasteiger partial charge >= 0.3 is 121 Å². The predicted molar refractivity (Wildman–Crippen MR) is 86.7 cm³/mol. The van der Waals surface area contributed by atoms with E-state index in [-0.39, 0.29) is 0 Å². The third kappa shape index (κ3) is 3.69. The van der Waals surface area contributed by atoms with Crippen molar-refractivity contribution >= 4 is 18.7 Å². The molecule has 100 valence electrons. The standard InChI is InChI=1S/C17H23GeN/c1-13(2)10-15-11-17(14-8-6-5-7-9-14)19-12-16(15)18(3)4/h5-9,11-13,18H,10H2,1-4H3. The van der Waals surface area contributed by atoms with Crippen LogP contribution in [0.15, 0.2) is 42.6 Å². The summed E-state index contributed by atoms with van der Waals surface area (Å²) >= 11 is -1.27. The van der Waals surface area contributed by atoms with Crippen molar-refractivity contribution < 1.29 is 0 Å². The Balaban J connectivity index is 2.43. The predicted octanol–water partition coefficient (Wildman–Crippen LogP) is 3.64. The average molecular weight is 314 g/mol. The van der Waals surface area contributed by atoms with Crippen LogP contribution in [0, 0.1) is 5.92 Å². The van der Waals surface area contributed by atoms with Gasteiger partial charge in [0.1, 0.15) is 0 Å². The van der Waals surface area contributed by atoms with Crippen molar-refractivity contribution in [3.8, 4) is 11.3 Å². The van der Waals surface area contributed by atoms with Gasteiger partial charge in [0.25, 0.3) is 0 Å². The van der Waals surface area contributed by atoms with Crippen LogP contribution in [-0.2, 0) is 6.42 Å². The molecule has 0 aliphatic rings. The molecule has 0 saturated heterocycles. The van der Waals surface area contributed by atoms with Crippen LogP contribution in [0.1, 0.15) is 19.4 Å². The van der Waals surface area contributed by atoms with Gasteiger partial charge in [0.05, 0.1) is 0 Å². The monoisotopic (exact) mass is 315 g/mol. The van der Waals surface area contributed by atoms with Gasteiger partial charge < -0.3 is 0 Å². The van der Waals surface area contributed by atoms with E-state index in [0.717, 1.165) is 5.69 Å². The number of aromatic nitrogens is 1. The van der Waals surface area contributed by atoms with Gasteiger partial charge in [-0.05, 0) is 0 Å². The first kappa shape index (κ1) is 14.3. The Hall–Kier alpha value is -1.09. The normalized spacial score (nSPS) is 11.3. The molecule has 1 aromatic carbocycles. The zero-order chi connectivity index (χ0) is 13.8. The average Bonchev–Trinajstić information content (AvgIpc) is 2.38. The van der Waals surface area contributed by atoms with Crippen LogP contribution in [-0.4, -0.2) is 19.3 Å². The van der Waals surface area contributed by atoms with Crippen molar-refractivity contribution in [1.29, 1.82) is 0 Å². The first-order valence-corrected chi connectivity index (χ1v) is 13.2. The second-order valence-electron chi connectivity index (χ2n) is 5.89. The molecule has 0 spiro atoms. The molecule has 0 amide bonds. The maximum absolute atomic E-state index is 4.69. The van der Waals surface area contributed by atoms with E-state index in [2.05, 4.69) is 72.9 Å². The van der Waals surface area contributed by atoms with E-state index in [9.17, 15) is 0 Å². The van der Waals surface area contributed by atoms with Gasteiger partial charge in [-0.25, -0.2) is 0 Å². The van der Waals surface area contributed by atoms with Gasteiger partial charge in [0, 0.05) is 0 Å². The molecule has 0 bridgehead atoms. The summed E-state index contributed by atoms with van der Waals surface area (Å²) in [6.07, 6.45) is 3.31. The van der Waals surface area contributed by atoms with E-state index < -0.39 is 14.3 Å². The molecule has 0 radical (unpaired) electrons. The maximum atomic E-state index is 4.69. The zero-order valence-electron chi connectivity index (χ0n) is 12.4. The number of rotatable bonds is 4. The molecule has 0 saturated carbocycles. The van der Waals surface area contributed by atoms with E-state index in [1.54, 1.807) is 4.40 Å². The fourth-order valence-corrected chi connectivity index (χ4v) is 5.17. The van der Waals surface area contributed by atoms with Crippen molar-refractivity contribution in [3.05, 3.63) is 48.2 Å². The number of benzene rings is 1. The van der Waals surface area contributed by atoms with Crippen LogP contribution in [0.25, 0.3) is 11.3 Å². The van der Waals surface area contributed by atoms with Gasteiger partial charge in [0.2, 0.25) is 0 Å². The van der Waals surface area contributed by atoms with Crippen molar-refractivity contribution in [2.24, 2.45) is 5.92 Å². The molecule has 2 aromatic rings. The first-order chi connectivity index (χ1) is 9.08. The Morgan fingerprint density at radius 1 is 1.11 bits per heavy atom. The molecular weight excluding hydrogens is 291 g/mol. The summed E-state index contributed by atoms with van der Waals surface area (Å²) in [5.41, 5.74) is 3.86. The summed E-state index contributed by atoms with van der Waals surface area (Å²) in [6.45, 7) is 4.58. The second kappa shape index (κ2) is 6.38.